The van der Waals surface area contributed by atoms with Crippen LogP contribution in [-0.4, -0.2) is 16.3 Å². The average molecular weight is 333 g/mol. The second-order valence-electron chi connectivity index (χ2n) is 2.96. The number of H-pyrrole nitrogens is 1. The number of rotatable bonds is 2. The number of aldehydes is 1. The molecule has 15 heavy (non-hydrogen) atoms. The zero-order valence-corrected chi connectivity index (χ0v) is 10.4. The predicted octanol–water partition coefficient (Wildman–Crippen LogP) is 3.15. The number of hydrogen-bond donors (Lipinski definition) is 1. The maximum Gasteiger partial charge on any atom is 0.167 e. The van der Waals surface area contributed by atoms with Gasteiger partial charge in [-0.1, -0.05) is 11.6 Å². The van der Waals surface area contributed by atoms with Gasteiger partial charge in [0.2, 0.25) is 0 Å². The minimum atomic E-state index is 0.458. The van der Waals surface area contributed by atoms with Crippen LogP contribution in [0.25, 0.3) is 11.4 Å². The SMILES string of the molecule is O=Cc1cnc(-c2cc(Cl)cc(I)c2)[nH]1. The van der Waals surface area contributed by atoms with Gasteiger partial charge in [0, 0.05) is 14.2 Å². The van der Waals surface area contributed by atoms with Crippen molar-refractivity contribution in [3.8, 4) is 11.4 Å². The Hall–Kier alpha value is -0.880. The van der Waals surface area contributed by atoms with Crippen LogP contribution in [0.5, 0.6) is 0 Å². The summed E-state index contributed by atoms with van der Waals surface area (Å²) >= 11 is 8.10. The van der Waals surface area contributed by atoms with Crippen LogP contribution in [0, 0.1) is 3.57 Å². The molecule has 76 valence electrons. The van der Waals surface area contributed by atoms with E-state index in [9.17, 15) is 4.79 Å². The number of aromatic nitrogens is 2. The first-order valence-electron chi connectivity index (χ1n) is 4.15. The third-order valence-corrected chi connectivity index (χ3v) is 2.70. The Morgan fingerprint density at radius 2 is 2.20 bits per heavy atom. The van der Waals surface area contributed by atoms with Gasteiger partial charge in [0.05, 0.1) is 11.9 Å². The van der Waals surface area contributed by atoms with Crippen molar-refractivity contribution >= 4 is 40.5 Å². The molecule has 0 bridgehead atoms. The molecule has 2 aromatic rings. The molecule has 0 aliphatic carbocycles. The van der Waals surface area contributed by atoms with Gasteiger partial charge >= 0.3 is 0 Å². The monoisotopic (exact) mass is 332 g/mol. The van der Waals surface area contributed by atoms with E-state index in [-0.39, 0.29) is 0 Å². The fraction of sp³-hybridized carbons (Fsp3) is 0. The van der Waals surface area contributed by atoms with Crippen molar-refractivity contribution < 1.29 is 4.79 Å². The third kappa shape index (κ3) is 2.38. The van der Waals surface area contributed by atoms with E-state index in [1.54, 1.807) is 6.07 Å². The number of imidazole rings is 1. The Labute approximate surface area is 105 Å². The van der Waals surface area contributed by atoms with Crippen LogP contribution in [0.4, 0.5) is 0 Å². The van der Waals surface area contributed by atoms with Gasteiger partial charge in [-0.2, -0.15) is 0 Å². The lowest BCUT2D eigenvalue weighted by atomic mass is 10.2. The lowest BCUT2D eigenvalue weighted by Gasteiger charge is -1.99. The molecule has 2 rings (SSSR count). The number of nitrogens with one attached hydrogen (secondary N) is 1. The summed E-state index contributed by atoms with van der Waals surface area (Å²) < 4.78 is 1.03. The number of carbonyl (C=O) groups is 1. The fourth-order valence-electron chi connectivity index (χ4n) is 1.23. The van der Waals surface area contributed by atoms with Gasteiger partial charge in [-0.05, 0) is 40.8 Å². The highest BCUT2D eigenvalue weighted by atomic mass is 127. The zero-order valence-electron chi connectivity index (χ0n) is 7.50. The van der Waals surface area contributed by atoms with Crippen molar-refractivity contribution in [1.29, 1.82) is 0 Å². The first kappa shape index (κ1) is 10.6. The predicted molar refractivity (Wildman–Crippen MR) is 67.1 cm³/mol. The molecule has 0 spiro atoms. The highest BCUT2D eigenvalue weighted by molar-refractivity contribution is 14.1. The van der Waals surface area contributed by atoms with E-state index in [1.165, 1.54) is 6.20 Å². The Morgan fingerprint density at radius 1 is 1.40 bits per heavy atom. The maximum absolute atomic E-state index is 10.5. The highest BCUT2D eigenvalue weighted by Crippen LogP contribution is 2.23. The van der Waals surface area contributed by atoms with Crippen molar-refractivity contribution in [2.45, 2.75) is 0 Å². The fourth-order valence-corrected chi connectivity index (χ4v) is 2.32. The molecule has 0 radical (unpaired) electrons. The van der Waals surface area contributed by atoms with E-state index in [1.807, 2.05) is 12.1 Å². The van der Waals surface area contributed by atoms with Crippen molar-refractivity contribution in [2.75, 3.05) is 0 Å². The van der Waals surface area contributed by atoms with Crippen LogP contribution in [0.1, 0.15) is 10.5 Å². The largest absolute Gasteiger partial charge is 0.336 e. The van der Waals surface area contributed by atoms with Crippen LogP contribution in [0.2, 0.25) is 5.02 Å². The number of nitrogens with zero attached hydrogens (tertiary/aromatic N) is 1. The van der Waals surface area contributed by atoms with Gasteiger partial charge < -0.3 is 4.98 Å². The highest BCUT2D eigenvalue weighted by Gasteiger charge is 2.04. The van der Waals surface area contributed by atoms with Crippen molar-refractivity contribution in [3.63, 3.8) is 0 Å². The third-order valence-electron chi connectivity index (χ3n) is 1.86. The summed E-state index contributed by atoms with van der Waals surface area (Å²) in [5.41, 5.74) is 1.33. The summed E-state index contributed by atoms with van der Waals surface area (Å²) in [5, 5.41) is 0.654. The molecule has 0 fully saturated rings. The summed E-state index contributed by atoms with van der Waals surface area (Å²) in [7, 11) is 0. The second kappa shape index (κ2) is 4.32. The molecule has 0 saturated heterocycles. The standard InChI is InChI=1S/C10H6ClIN2O/c11-7-1-6(2-8(12)3-7)10-13-4-9(5-15)14-10/h1-5H,(H,13,14). The summed E-state index contributed by atoms with van der Waals surface area (Å²) in [5.74, 6) is 0.650. The Kier molecular flexibility index (Phi) is 3.06. The molecule has 0 aliphatic heterocycles. The molecule has 0 aliphatic rings. The van der Waals surface area contributed by atoms with Crippen LogP contribution in [0.15, 0.2) is 24.4 Å². The van der Waals surface area contributed by atoms with E-state index in [2.05, 4.69) is 32.6 Å². The first-order valence-corrected chi connectivity index (χ1v) is 5.61. The quantitative estimate of drug-likeness (QED) is 0.678. The van der Waals surface area contributed by atoms with Crippen molar-refractivity contribution in [1.82, 2.24) is 9.97 Å². The van der Waals surface area contributed by atoms with Crippen LogP contribution < -0.4 is 0 Å². The molecule has 0 atom stereocenters. The summed E-state index contributed by atoms with van der Waals surface area (Å²) in [6.07, 6.45) is 2.22. The Bertz CT molecular complexity index is 490. The number of carbonyl (C=O) groups excluding carboxylic acids is 1. The van der Waals surface area contributed by atoms with Crippen LogP contribution in [-0.2, 0) is 0 Å². The Balaban J connectivity index is 2.48. The van der Waals surface area contributed by atoms with Gasteiger partial charge in [0.25, 0.3) is 0 Å². The lowest BCUT2D eigenvalue weighted by Crippen LogP contribution is -1.83. The van der Waals surface area contributed by atoms with E-state index in [4.69, 9.17) is 11.6 Å². The molecular weight excluding hydrogens is 326 g/mol. The molecule has 0 unspecified atom stereocenters. The van der Waals surface area contributed by atoms with Gasteiger partial charge in [0.15, 0.2) is 6.29 Å². The molecular formula is C10H6ClIN2O. The Morgan fingerprint density at radius 3 is 2.80 bits per heavy atom. The molecule has 1 heterocycles. The summed E-state index contributed by atoms with van der Waals surface area (Å²) in [6, 6.07) is 5.60. The number of aromatic amines is 1. The lowest BCUT2D eigenvalue weighted by molar-refractivity contribution is 0.111. The smallest absolute Gasteiger partial charge is 0.167 e. The first-order chi connectivity index (χ1) is 7.19. The molecule has 0 saturated carbocycles. The molecule has 0 amide bonds. The van der Waals surface area contributed by atoms with Crippen molar-refractivity contribution in [2.24, 2.45) is 0 Å². The minimum Gasteiger partial charge on any atom is -0.336 e. The molecule has 1 aromatic heterocycles. The minimum absolute atomic E-state index is 0.458. The van der Waals surface area contributed by atoms with E-state index in [0.717, 1.165) is 15.4 Å². The number of benzene rings is 1. The molecule has 3 nitrogen and oxygen atoms in total. The van der Waals surface area contributed by atoms with E-state index < -0.39 is 0 Å². The van der Waals surface area contributed by atoms with Crippen molar-refractivity contribution in [3.05, 3.63) is 38.7 Å². The van der Waals surface area contributed by atoms with Gasteiger partial charge in [-0.25, -0.2) is 4.98 Å². The molecule has 1 N–H and O–H groups in total. The number of hydrogen-bond acceptors (Lipinski definition) is 2. The van der Waals surface area contributed by atoms with Crippen LogP contribution >= 0.6 is 34.2 Å². The van der Waals surface area contributed by atoms with Crippen LogP contribution in [0.3, 0.4) is 0 Å². The van der Waals surface area contributed by atoms with E-state index in [0.29, 0.717) is 16.5 Å². The zero-order chi connectivity index (χ0) is 10.8. The number of halogens is 2. The normalized spacial score (nSPS) is 10.3. The molecule has 1 aromatic carbocycles. The topological polar surface area (TPSA) is 45.8 Å². The second-order valence-corrected chi connectivity index (χ2v) is 4.65. The van der Waals surface area contributed by atoms with Gasteiger partial charge in [-0.3, -0.25) is 4.79 Å². The maximum atomic E-state index is 10.5. The van der Waals surface area contributed by atoms with Gasteiger partial charge in [-0.15, -0.1) is 0 Å². The summed E-state index contributed by atoms with van der Waals surface area (Å²) in [4.78, 5) is 17.5. The summed E-state index contributed by atoms with van der Waals surface area (Å²) in [6.45, 7) is 0. The average Bonchev–Trinajstić information content (AvgIpc) is 2.64. The molecule has 5 heteroatoms. The van der Waals surface area contributed by atoms with Gasteiger partial charge in [0.1, 0.15) is 5.82 Å². The van der Waals surface area contributed by atoms with E-state index >= 15 is 0 Å².